The molecule has 2 rings (SSSR count). The van der Waals surface area contributed by atoms with Gasteiger partial charge in [0.15, 0.2) is 0 Å². The molecular weight excluding hydrogens is 160 g/mol. The van der Waals surface area contributed by atoms with Crippen LogP contribution in [0.25, 0.3) is 0 Å². The molecule has 13 heavy (non-hydrogen) atoms. The summed E-state index contributed by atoms with van der Waals surface area (Å²) in [6, 6.07) is 10.6. The van der Waals surface area contributed by atoms with Crippen LogP contribution in [0.15, 0.2) is 30.3 Å². The van der Waals surface area contributed by atoms with Crippen molar-refractivity contribution >= 4 is 5.69 Å². The van der Waals surface area contributed by atoms with E-state index in [1.54, 1.807) is 0 Å². The van der Waals surface area contributed by atoms with E-state index in [1.165, 1.54) is 12.1 Å². The fourth-order valence-corrected chi connectivity index (χ4v) is 1.69. The van der Waals surface area contributed by atoms with Gasteiger partial charge in [-0.2, -0.15) is 0 Å². The highest BCUT2D eigenvalue weighted by Gasteiger charge is 2.08. The predicted molar refractivity (Wildman–Crippen MR) is 55.1 cm³/mol. The Bertz CT molecular complexity index is 238. The predicted octanol–water partition coefficient (Wildman–Crippen LogP) is 1.50. The van der Waals surface area contributed by atoms with Crippen molar-refractivity contribution in [3.8, 4) is 0 Å². The average molecular weight is 175 g/mol. The Balaban J connectivity index is 2.06. The van der Waals surface area contributed by atoms with E-state index in [2.05, 4.69) is 40.5 Å². The largest absolute Gasteiger partial charge is 0.370 e. The van der Waals surface area contributed by atoms with Crippen LogP contribution in [-0.2, 0) is 0 Å². The Labute approximate surface area is 79.6 Å². The fourth-order valence-electron chi connectivity index (χ4n) is 1.69. The second kappa shape index (κ2) is 4.28. The number of hydrogen-bond donors (Lipinski definition) is 0. The minimum absolute atomic E-state index is 0.981. The van der Waals surface area contributed by atoms with Crippen LogP contribution >= 0.6 is 0 Å². The van der Waals surface area contributed by atoms with Gasteiger partial charge in [-0.05, 0) is 18.6 Å². The lowest BCUT2D eigenvalue weighted by atomic mass is 10.3. The first-order valence-corrected chi connectivity index (χ1v) is 4.90. The van der Waals surface area contributed by atoms with Gasteiger partial charge < -0.3 is 4.90 Å². The van der Waals surface area contributed by atoms with E-state index in [9.17, 15) is 0 Å². The molecule has 0 N–H and O–H groups in total. The lowest BCUT2D eigenvalue weighted by Gasteiger charge is -2.21. The molecule has 1 saturated heterocycles. The Hall–Kier alpha value is -1.02. The van der Waals surface area contributed by atoms with E-state index in [0.29, 0.717) is 0 Å². The van der Waals surface area contributed by atoms with E-state index in [1.807, 2.05) is 0 Å². The van der Waals surface area contributed by atoms with Gasteiger partial charge in [0, 0.05) is 31.9 Å². The third-order valence-corrected chi connectivity index (χ3v) is 2.39. The number of nitrogens with zero attached hydrogens (tertiary/aromatic N) is 2. The van der Waals surface area contributed by atoms with Crippen molar-refractivity contribution in [2.45, 2.75) is 6.42 Å². The normalized spacial score (nSPS) is 18.3. The molecule has 1 heterocycles. The van der Waals surface area contributed by atoms with Crippen molar-refractivity contribution in [3.05, 3.63) is 30.3 Å². The summed E-state index contributed by atoms with van der Waals surface area (Å²) in [4.78, 5) is 2.41. The molecule has 0 spiro atoms. The molecular formula is C11H15N2. The monoisotopic (exact) mass is 175 g/mol. The van der Waals surface area contributed by atoms with Crippen molar-refractivity contribution in [1.82, 2.24) is 5.32 Å². The van der Waals surface area contributed by atoms with Crippen LogP contribution in [0.2, 0.25) is 0 Å². The molecule has 0 aromatic heterocycles. The Morgan fingerprint density at radius 3 is 2.69 bits per heavy atom. The summed E-state index contributed by atoms with van der Waals surface area (Å²) in [5, 5.41) is 4.40. The van der Waals surface area contributed by atoms with Gasteiger partial charge in [0.2, 0.25) is 0 Å². The third-order valence-electron chi connectivity index (χ3n) is 2.39. The van der Waals surface area contributed by atoms with Crippen LogP contribution in [0.1, 0.15) is 6.42 Å². The molecule has 1 aliphatic heterocycles. The number of anilines is 1. The summed E-state index contributed by atoms with van der Waals surface area (Å²) in [5.74, 6) is 0. The molecule has 1 fully saturated rings. The molecule has 1 aromatic carbocycles. The second-order valence-corrected chi connectivity index (χ2v) is 3.35. The van der Waals surface area contributed by atoms with Gasteiger partial charge in [-0.25, -0.2) is 5.32 Å². The van der Waals surface area contributed by atoms with Gasteiger partial charge in [0.1, 0.15) is 0 Å². The maximum Gasteiger partial charge on any atom is 0.0366 e. The van der Waals surface area contributed by atoms with E-state index < -0.39 is 0 Å². The lowest BCUT2D eigenvalue weighted by molar-refractivity contribution is 0.709. The molecule has 2 heteroatoms. The summed E-state index contributed by atoms with van der Waals surface area (Å²) in [6.45, 7) is 4.23. The van der Waals surface area contributed by atoms with Gasteiger partial charge in [-0.3, -0.25) is 0 Å². The third kappa shape index (κ3) is 2.22. The van der Waals surface area contributed by atoms with Crippen molar-refractivity contribution in [2.24, 2.45) is 0 Å². The van der Waals surface area contributed by atoms with Gasteiger partial charge >= 0.3 is 0 Å². The van der Waals surface area contributed by atoms with Crippen LogP contribution in [0.4, 0.5) is 5.69 Å². The van der Waals surface area contributed by atoms with Crippen molar-refractivity contribution in [3.63, 3.8) is 0 Å². The number of hydrogen-bond acceptors (Lipinski definition) is 1. The lowest BCUT2D eigenvalue weighted by Crippen LogP contribution is -2.26. The van der Waals surface area contributed by atoms with Crippen molar-refractivity contribution in [1.29, 1.82) is 0 Å². The van der Waals surface area contributed by atoms with Gasteiger partial charge in [-0.15, -0.1) is 0 Å². The summed E-state index contributed by atoms with van der Waals surface area (Å²) < 4.78 is 0. The quantitative estimate of drug-likeness (QED) is 0.632. The maximum absolute atomic E-state index is 4.40. The van der Waals surface area contributed by atoms with Gasteiger partial charge in [-0.1, -0.05) is 18.2 Å². The summed E-state index contributed by atoms with van der Waals surface area (Å²) in [6.07, 6.45) is 1.19. The second-order valence-electron chi connectivity index (χ2n) is 3.35. The topological polar surface area (TPSA) is 17.3 Å². The number of benzene rings is 1. The molecule has 0 bridgehead atoms. The number of rotatable bonds is 1. The van der Waals surface area contributed by atoms with Crippen LogP contribution in [0, 0.1) is 0 Å². The first kappa shape index (κ1) is 8.57. The highest BCUT2D eigenvalue weighted by molar-refractivity contribution is 5.45. The SMILES string of the molecule is c1ccc(N2CCC[N]CC2)cc1. The molecule has 2 nitrogen and oxygen atoms in total. The smallest absolute Gasteiger partial charge is 0.0366 e. The Morgan fingerprint density at radius 2 is 1.85 bits per heavy atom. The zero-order valence-electron chi connectivity index (χ0n) is 7.82. The molecule has 0 aliphatic carbocycles. The zero-order chi connectivity index (χ0) is 8.93. The van der Waals surface area contributed by atoms with Gasteiger partial charge in [0.25, 0.3) is 0 Å². The Morgan fingerprint density at radius 1 is 1.00 bits per heavy atom. The standard InChI is InChI=1S/C11H15N2/c1-2-5-11(6-3-1)13-9-4-7-12-8-10-13/h1-3,5-6H,4,7-10H2. The Kier molecular flexibility index (Phi) is 2.82. The highest BCUT2D eigenvalue weighted by Crippen LogP contribution is 2.13. The zero-order valence-corrected chi connectivity index (χ0v) is 7.82. The summed E-state index contributed by atoms with van der Waals surface area (Å²) >= 11 is 0. The minimum atomic E-state index is 0.981. The highest BCUT2D eigenvalue weighted by atomic mass is 15.2. The minimum Gasteiger partial charge on any atom is -0.370 e. The van der Waals surface area contributed by atoms with Crippen LogP contribution in [0.3, 0.4) is 0 Å². The number of para-hydroxylation sites is 1. The van der Waals surface area contributed by atoms with Crippen LogP contribution < -0.4 is 10.2 Å². The van der Waals surface area contributed by atoms with Crippen LogP contribution in [-0.4, -0.2) is 26.2 Å². The van der Waals surface area contributed by atoms with E-state index in [4.69, 9.17) is 0 Å². The molecule has 0 atom stereocenters. The van der Waals surface area contributed by atoms with E-state index >= 15 is 0 Å². The molecule has 1 aromatic rings. The molecule has 0 amide bonds. The first-order valence-electron chi connectivity index (χ1n) is 4.90. The molecule has 69 valence electrons. The molecule has 1 aliphatic rings. The van der Waals surface area contributed by atoms with Crippen molar-refractivity contribution in [2.75, 3.05) is 31.1 Å². The molecule has 0 unspecified atom stereocenters. The van der Waals surface area contributed by atoms with Crippen LogP contribution in [0.5, 0.6) is 0 Å². The first-order chi connectivity index (χ1) is 6.47. The average Bonchev–Trinajstić information content (AvgIpc) is 2.47. The molecule has 1 radical (unpaired) electrons. The van der Waals surface area contributed by atoms with Crippen molar-refractivity contribution < 1.29 is 0 Å². The fraction of sp³-hybridized carbons (Fsp3) is 0.455. The summed E-state index contributed by atoms with van der Waals surface area (Å²) in [7, 11) is 0. The van der Waals surface area contributed by atoms with E-state index in [0.717, 1.165) is 26.2 Å². The molecule has 0 saturated carbocycles. The van der Waals surface area contributed by atoms with Gasteiger partial charge in [0.05, 0.1) is 0 Å². The van der Waals surface area contributed by atoms with E-state index in [-0.39, 0.29) is 0 Å². The summed E-state index contributed by atoms with van der Waals surface area (Å²) in [5.41, 5.74) is 1.33. The maximum atomic E-state index is 4.40.